The Morgan fingerprint density at radius 3 is 2.71 bits per heavy atom. The number of nitrogens with zero attached hydrogens (tertiary/aromatic N) is 2. The van der Waals surface area contributed by atoms with Crippen LogP contribution in [0.3, 0.4) is 0 Å². The van der Waals surface area contributed by atoms with Gasteiger partial charge in [-0.3, -0.25) is 4.79 Å². The van der Waals surface area contributed by atoms with E-state index in [1.807, 2.05) is 36.2 Å². The normalized spacial score (nSPS) is 21.4. The van der Waals surface area contributed by atoms with E-state index in [2.05, 4.69) is 0 Å². The maximum absolute atomic E-state index is 12.2. The first-order valence-corrected chi connectivity index (χ1v) is 7.16. The fraction of sp³-hybridized carbons (Fsp3) is 0.375. The Morgan fingerprint density at radius 2 is 2.05 bits per heavy atom. The molecular weight excluding hydrogens is 268 g/mol. The quantitative estimate of drug-likeness (QED) is 0.797. The van der Waals surface area contributed by atoms with Crippen LogP contribution in [0.15, 0.2) is 36.0 Å². The number of aryl methyl sites for hydroxylation is 1. The molecule has 0 aliphatic carbocycles. The molecule has 0 spiro atoms. The lowest BCUT2D eigenvalue weighted by Gasteiger charge is -2.26. The zero-order valence-corrected chi connectivity index (χ0v) is 12.2. The van der Waals surface area contributed by atoms with Crippen molar-refractivity contribution < 1.29 is 14.3 Å². The van der Waals surface area contributed by atoms with Gasteiger partial charge in [-0.2, -0.15) is 0 Å². The molecule has 0 N–H and O–H groups in total. The summed E-state index contributed by atoms with van der Waals surface area (Å²) in [5.41, 5.74) is 2.68. The Morgan fingerprint density at radius 1 is 1.33 bits per heavy atom. The van der Waals surface area contributed by atoms with Gasteiger partial charge in [0.2, 0.25) is 5.91 Å². The van der Waals surface area contributed by atoms with Gasteiger partial charge in [-0.25, -0.2) is 14.8 Å². The summed E-state index contributed by atoms with van der Waals surface area (Å²) in [6.07, 6.45) is 2.10. The molecule has 0 aromatic heterocycles. The highest BCUT2D eigenvalue weighted by Crippen LogP contribution is 2.39. The first-order valence-electron chi connectivity index (χ1n) is 7.16. The largest absolute Gasteiger partial charge is 0.463 e. The maximum Gasteiger partial charge on any atom is 0.337 e. The average Bonchev–Trinajstić information content (AvgIpc) is 3.01. The zero-order valence-electron chi connectivity index (χ0n) is 12.2. The molecule has 1 aromatic carbocycles. The van der Waals surface area contributed by atoms with Crippen molar-refractivity contribution in [3.05, 3.63) is 47.2 Å². The lowest BCUT2D eigenvalue weighted by molar-refractivity contribution is -0.139. The predicted octanol–water partition coefficient (Wildman–Crippen LogP) is 1.95. The van der Waals surface area contributed by atoms with Crippen LogP contribution in [0, 0.1) is 6.92 Å². The third-order valence-electron chi connectivity index (χ3n) is 3.85. The molecule has 1 fully saturated rings. The van der Waals surface area contributed by atoms with Gasteiger partial charge in [-0.05, 0) is 19.4 Å². The van der Waals surface area contributed by atoms with Gasteiger partial charge in [-0.15, -0.1) is 0 Å². The SMILES string of the molecule is CCOC(=O)C1=CN2C(=O)CCN2C1c1ccc(C)cc1. The van der Waals surface area contributed by atoms with Gasteiger partial charge in [0.15, 0.2) is 0 Å². The standard InChI is InChI=1S/C16H18N2O3/c1-3-21-16(20)13-10-18-14(19)8-9-17(18)15(13)12-6-4-11(2)5-7-12/h4-7,10,15H,3,8-9H2,1-2H3. The first-order chi connectivity index (χ1) is 10.1. The summed E-state index contributed by atoms with van der Waals surface area (Å²) in [6.45, 7) is 4.74. The molecule has 110 valence electrons. The summed E-state index contributed by atoms with van der Waals surface area (Å²) in [5, 5.41) is 3.48. The third-order valence-corrected chi connectivity index (χ3v) is 3.85. The summed E-state index contributed by atoms with van der Waals surface area (Å²) in [6, 6.07) is 7.78. The molecule has 2 heterocycles. The highest BCUT2D eigenvalue weighted by atomic mass is 16.5. The molecular formula is C16H18N2O3. The monoisotopic (exact) mass is 286 g/mol. The Bertz CT molecular complexity index is 606. The zero-order chi connectivity index (χ0) is 15.0. The van der Waals surface area contributed by atoms with Crippen LogP contribution >= 0.6 is 0 Å². The van der Waals surface area contributed by atoms with E-state index in [1.54, 1.807) is 18.1 Å². The Balaban J connectivity index is 1.98. The van der Waals surface area contributed by atoms with Gasteiger partial charge in [0, 0.05) is 19.2 Å². The molecule has 1 unspecified atom stereocenters. The first kappa shape index (κ1) is 13.8. The number of hydrogen-bond donors (Lipinski definition) is 0. The molecule has 5 heteroatoms. The number of ether oxygens (including phenoxy) is 1. The predicted molar refractivity (Wildman–Crippen MR) is 76.8 cm³/mol. The lowest BCUT2D eigenvalue weighted by Crippen LogP contribution is -2.33. The molecule has 2 aliphatic heterocycles. The van der Waals surface area contributed by atoms with E-state index in [0.29, 0.717) is 25.1 Å². The molecule has 1 atom stereocenters. The summed E-state index contributed by atoms with van der Waals surface area (Å²) in [5.74, 6) is -0.336. The molecule has 5 nitrogen and oxygen atoms in total. The van der Waals surface area contributed by atoms with Gasteiger partial charge >= 0.3 is 5.97 Å². The molecule has 0 saturated carbocycles. The fourth-order valence-electron chi connectivity index (χ4n) is 2.82. The number of hydrazine groups is 1. The van der Waals surface area contributed by atoms with Crippen molar-refractivity contribution in [1.29, 1.82) is 0 Å². The van der Waals surface area contributed by atoms with Crippen LogP contribution in [0.5, 0.6) is 0 Å². The third kappa shape index (κ3) is 2.34. The van der Waals surface area contributed by atoms with E-state index < -0.39 is 0 Å². The number of carbonyl (C=O) groups is 2. The van der Waals surface area contributed by atoms with Crippen LogP contribution in [0.1, 0.15) is 30.5 Å². The van der Waals surface area contributed by atoms with Crippen LogP contribution < -0.4 is 0 Å². The van der Waals surface area contributed by atoms with E-state index in [1.165, 1.54) is 0 Å². The Hall–Kier alpha value is -2.14. The van der Waals surface area contributed by atoms with Crippen molar-refractivity contribution in [3.8, 4) is 0 Å². The van der Waals surface area contributed by atoms with Crippen molar-refractivity contribution in [2.75, 3.05) is 13.2 Å². The minimum atomic E-state index is -0.356. The van der Waals surface area contributed by atoms with Crippen molar-refractivity contribution in [1.82, 2.24) is 10.0 Å². The van der Waals surface area contributed by atoms with Crippen molar-refractivity contribution in [2.45, 2.75) is 26.3 Å². The lowest BCUT2D eigenvalue weighted by atomic mass is 9.98. The second-order valence-corrected chi connectivity index (χ2v) is 5.27. The van der Waals surface area contributed by atoms with Crippen LogP contribution in [0.25, 0.3) is 0 Å². The minimum absolute atomic E-state index is 0.0198. The average molecular weight is 286 g/mol. The number of benzene rings is 1. The molecule has 2 aliphatic rings. The van der Waals surface area contributed by atoms with Gasteiger partial charge in [0.25, 0.3) is 0 Å². The number of carbonyl (C=O) groups excluding carboxylic acids is 2. The molecule has 1 saturated heterocycles. The molecule has 1 amide bonds. The fourth-order valence-corrected chi connectivity index (χ4v) is 2.82. The number of amides is 1. The topological polar surface area (TPSA) is 49.9 Å². The highest BCUT2D eigenvalue weighted by molar-refractivity contribution is 5.92. The van der Waals surface area contributed by atoms with Gasteiger partial charge in [-0.1, -0.05) is 29.8 Å². The van der Waals surface area contributed by atoms with E-state index in [9.17, 15) is 9.59 Å². The summed E-state index contributed by atoms with van der Waals surface area (Å²) in [7, 11) is 0. The number of hydrogen-bond acceptors (Lipinski definition) is 4. The Labute approximate surface area is 123 Å². The van der Waals surface area contributed by atoms with Crippen molar-refractivity contribution >= 4 is 11.9 Å². The van der Waals surface area contributed by atoms with Crippen LogP contribution in [-0.2, 0) is 14.3 Å². The number of fused-ring (bicyclic) bond motifs is 1. The summed E-state index contributed by atoms with van der Waals surface area (Å²) in [4.78, 5) is 24.1. The summed E-state index contributed by atoms with van der Waals surface area (Å²) >= 11 is 0. The maximum atomic E-state index is 12.2. The van der Waals surface area contributed by atoms with E-state index in [0.717, 1.165) is 11.1 Å². The van der Waals surface area contributed by atoms with Crippen molar-refractivity contribution in [3.63, 3.8) is 0 Å². The minimum Gasteiger partial charge on any atom is -0.463 e. The molecule has 0 bridgehead atoms. The number of rotatable bonds is 3. The molecule has 21 heavy (non-hydrogen) atoms. The Kier molecular flexibility index (Phi) is 3.51. The van der Waals surface area contributed by atoms with E-state index in [4.69, 9.17) is 4.74 Å². The van der Waals surface area contributed by atoms with E-state index in [-0.39, 0.29) is 17.9 Å². The molecule has 3 rings (SSSR count). The van der Waals surface area contributed by atoms with Gasteiger partial charge < -0.3 is 4.74 Å². The highest BCUT2D eigenvalue weighted by Gasteiger charge is 2.43. The molecule has 0 radical (unpaired) electrons. The second kappa shape index (κ2) is 5.33. The van der Waals surface area contributed by atoms with Crippen LogP contribution in [0.2, 0.25) is 0 Å². The van der Waals surface area contributed by atoms with Gasteiger partial charge in [0.05, 0.1) is 18.2 Å². The van der Waals surface area contributed by atoms with Crippen LogP contribution in [0.4, 0.5) is 0 Å². The smallest absolute Gasteiger partial charge is 0.337 e. The van der Waals surface area contributed by atoms with E-state index >= 15 is 0 Å². The number of esters is 1. The molecule has 1 aromatic rings. The van der Waals surface area contributed by atoms with Crippen LogP contribution in [-0.4, -0.2) is 35.0 Å². The van der Waals surface area contributed by atoms with Crippen molar-refractivity contribution in [2.24, 2.45) is 0 Å². The second-order valence-electron chi connectivity index (χ2n) is 5.27. The summed E-state index contributed by atoms with van der Waals surface area (Å²) < 4.78 is 5.13. The van der Waals surface area contributed by atoms with Gasteiger partial charge in [0.1, 0.15) is 0 Å².